The van der Waals surface area contributed by atoms with Crippen LogP contribution in [0.1, 0.15) is 74.9 Å². The van der Waals surface area contributed by atoms with Crippen molar-refractivity contribution in [1.29, 1.82) is 0 Å². The number of rotatable bonds is 12. The zero-order chi connectivity index (χ0) is 24.5. The van der Waals surface area contributed by atoms with Crippen LogP contribution >= 0.6 is 0 Å². The second-order valence-corrected chi connectivity index (χ2v) is 8.02. The van der Waals surface area contributed by atoms with Gasteiger partial charge in [0.25, 0.3) is 0 Å². The van der Waals surface area contributed by atoms with Gasteiger partial charge >= 0.3 is 7.32 Å². The monoisotopic (exact) mass is 461 g/mol. The van der Waals surface area contributed by atoms with Gasteiger partial charge in [-0.05, 0) is 73.4 Å². The molecule has 7 heteroatoms. The molecule has 0 aromatic carbocycles. The fraction of sp³-hybridized carbons (Fsp3) is 0.444. The van der Waals surface area contributed by atoms with Crippen LogP contribution in [-0.4, -0.2) is 22.3 Å². The van der Waals surface area contributed by atoms with E-state index >= 15 is 0 Å². The highest BCUT2D eigenvalue weighted by atomic mass is 16.7. The van der Waals surface area contributed by atoms with Crippen LogP contribution < -0.4 is 14.0 Å². The van der Waals surface area contributed by atoms with E-state index in [0.29, 0.717) is 17.6 Å². The van der Waals surface area contributed by atoms with Crippen molar-refractivity contribution in [1.82, 2.24) is 15.0 Å². The molecule has 0 fully saturated rings. The van der Waals surface area contributed by atoms with Crippen molar-refractivity contribution in [2.45, 2.75) is 80.1 Å². The lowest BCUT2D eigenvalue weighted by Gasteiger charge is -2.21. The third-order valence-electron chi connectivity index (χ3n) is 6.17. The predicted octanol–water partition coefficient (Wildman–Crippen LogP) is 5.77. The molecular weight excluding hydrogens is 425 g/mol. The van der Waals surface area contributed by atoms with Gasteiger partial charge in [-0.15, -0.1) is 0 Å². The van der Waals surface area contributed by atoms with Crippen molar-refractivity contribution >= 4 is 7.32 Å². The van der Waals surface area contributed by atoms with Gasteiger partial charge < -0.3 is 14.0 Å². The molecule has 0 unspecified atom stereocenters. The van der Waals surface area contributed by atoms with E-state index in [1.165, 1.54) is 16.7 Å². The Morgan fingerprint density at radius 1 is 0.500 bits per heavy atom. The first kappa shape index (κ1) is 25.5. The van der Waals surface area contributed by atoms with Gasteiger partial charge in [0.1, 0.15) is 0 Å². The van der Waals surface area contributed by atoms with Crippen LogP contribution in [0, 0.1) is 0 Å². The molecular formula is C27H36BN3O3. The second-order valence-electron chi connectivity index (χ2n) is 8.02. The molecule has 3 aromatic heterocycles. The van der Waals surface area contributed by atoms with Crippen molar-refractivity contribution in [3.05, 3.63) is 70.2 Å². The first-order valence-electron chi connectivity index (χ1n) is 12.5. The minimum Gasteiger partial charge on any atom is -0.474 e. The molecule has 34 heavy (non-hydrogen) atoms. The van der Waals surface area contributed by atoms with E-state index in [1.54, 1.807) is 18.6 Å². The maximum atomic E-state index is 6.30. The molecule has 6 nitrogen and oxygen atoms in total. The Morgan fingerprint density at radius 2 is 0.794 bits per heavy atom. The van der Waals surface area contributed by atoms with Gasteiger partial charge in [-0.2, -0.15) is 0 Å². The molecule has 0 atom stereocenters. The highest BCUT2D eigenvalue weighted by Gasteiger charge is 2.35. The number of nitrogens with zero attached hydrogens (tertiary/aromatic N) is 3. The van der Waals surface area contributed by atoms with Crippen molar-refractivity contribution in [3.63, 3.8) is 0 Å². The van der Waals surface area contributed by atoms with E-state index in [9.17, 15) is 0 Å². The van der Waals surface area contributed by atoms with Crippen LogP contribution in [0.15, 0.2) is 36.8 Å². The van der Waals surface area contributed by atoms with Gasteiger partial charge in [0.2, 0.25) is 17.6 Å². The molecule has 3 rings (SSSR count). The number of hydrogen-bond donors (Lipinski definition) is 0. The maximum Gasteiger partial charge on any atom is 0.867 e. The molecule has 180 valence electrons. The van der Waals surface area contributed by atoms with Gasteiger partial charge in [-0.3, -0.25) is 0 Å². The van der Waals surface area contributed by atoms with Gasteiger partial charge in [-0.1, -0.05) is 41.5 Å². The second kappa shape index (κ2) is 12.4. The Kier molecular flexibility index (Phi) is 9.31. The van der Waals surface area contributed by atoms with Gasteiger partial charge in [0, 0.05) is 35.3 Å². The summed E-state index contributed by atoms with van der Waals surface area (Å²) in [6, 6.07) is 6.10. The molecule has 0 aliphatic carbocycles. The predicted molar refractivity (Wildman–Crippen MR) is 137 cm³/mol. The Balaban J connectivity index is 2.03. The van der Waals surface area contributed by atoms with E-state index in [4.69, 9.17) is 14.0 Å². The highest BCUT2D eigenvalue weighted by Crippen LogP contribution is 2.27. The summed E-state index contributed by atoms with van der Waals surface area (Å²) in [4.78, 5) is 13.5. The largest absolute Gasteiger partial charge is 0.867 e. The summed E-state index contributed by atoms with van der Waals surface area (Å²) in [5.41, 5.74) is 6.77. The average Bonchev–Trinajstić information content (AvgIpc) is 2.87. The van der Waals surface area contributed by atoms with Crippen LogP contribution in [-0.2, 0) is 38.5 Å². The fourth-order valence-corrected chi connectivity index (χ4v) is 4.31. The van der Waals surface area contributed by atoms with Crippen LogP contribution in [0.4, 0.5) is 0 Å². The fourth-order valence-electron chi connectivity index (χ4n) is 4.31. The molecule has 0 saturated carbocycles. The molecule has 0 bridgehead atoms. The van der Waals surface area contributed by atoms with E-state index < -0.39 is 7.32 Å². The van der Waals surface area contributed by atoms with Crippen molar-refractivity contribution in [2.24, 2.45) is 0 Å². The first-order valence-corrected chi connectivity index (χ1v) is 12.5. The molecule has 0 amide bonds. The van der Waals surface area contributed by atoms with Crippen molar-refractivity contribution < 1.29 is 14.0 Å². The zero-order valence-corrected chi connectivity index (χ0v) is 21.4. The Bertz CT molecular complexity index is 954. The molecule has 0 N–H and O–H groups in total. The Hall–Kier alpha value is -3.09. The normalized spacial score (nSPS) is 10.8. The summed E-state index contributed by atoms with van der Waals surface area (Å²) in [7, 11) is -1.08. The number of aryl methyl sites for hydroxylation is 3. The minimum atomic E-state index is -1.08. The number of hydrogen-bond acceptors (Lipinski definition) is 6. The first-order chi connectivity index (χ1) is 16.6. The van der Waals surface area contributed by atoms with Gasteiger partial charge in [0.15, 0.2) is 0 Å². The molecule has 0 aliphatic heterocycles. The standard InChI is InChI=1S/C27H36BN3O3/c1-7-19-13-16-29-25(22(19)10-4)32-28(33-26-23(11-5)20(8-2)14-17-30-26)34-27-24(12-6)21(9-3)15-18-31-27/h13-18H,7-12H2,1-6H3. The summed E-state index contributed by atoms with van der Waals surface area (Å²) >= 11 is 0. The van der Waals surface area contributed by atoms with Crippen molar-refractivity contribution in [3.8, 4) is 17.6 Å². The summed E-state index contributed by atoms with van der Waals surface area (Å²) in [6.45, 7) is 12.7. The molecule has 0 spiro atoms. The number of aromatic nitrogens is 3. The molecule has 0 aliphatic rings. The van der Waals surface area contributed by atoms with E-state index in [1.807, 2.05) is 18.2 Å². The van der Waals surface area contributed by atoms with E-state index in [2.05, 4.69) is 56.5 Å². The summed E-state index contributed by atoms with van der Waals surface area (Å²) in [5, 5.41) is 0. The lowest BCUT2D eigenvalue weighted by Crippen LogP contribution is -2.39. The summed E-state index contributed by atoms with van der Waals surface area (Å²) in [6.07, 6.45) is 10.4. The van der Waals surface area contributed by atoms with Gasteiger partial charge in [0.05, 0.1) is 0 Å². The lowest BCUT2D eigenvalue weighted by molar-refractivity contribution is 0.288. The molecule has 0 radical (unpaired) electrons. The molecule has 0 saturated heterocycles. The average molecular weight is 461 g/mol. The summed E-state index contributed by atoms with van der Waals surface area (Å²) < 4.78 is 18.9. The Morgan fingerprint density at radius 3 is 1.03 bits per heavy atom. The highest BCUT2D eigenvalue weighted by molar-refractivity contribution is 6.39. The topological polar surface area (TPSA) is 66.4 Å². The van der Waals surface area contributed by atoms with E-state index in [0.717, 1.165) is 55.2 Å². The SMILES string of the molecule is CCc1ccnc(OB(Oc2nccc(CC)c2CC)Oc2nccc(CC)c2CC)c1CC. The lowest BCUT2D eigenvalue weighted by atomic mass is 10.0. The molecule has 3 heterocycles. The minimum absolute atomic E-state index is 0.515. The quantitative estimate of drug-likeness (QED) is 0.319. The van der Waals surface area contributed by atoms with Crippen molar-refractivity contribution in [2.75, 3.05) is 0 Å². The third kappa shape index (κ3) is 5.69. The smallest absolute Gasteiger partial charge is 0.474 e. The van der Waals surface area contributed by atoms with Gasteiger partial charge in [-0.25, -0.2) is 15.0 Å². The molecule has 3 aromatic rings. The third-order valence-corrected chi connectivity index (χ3v) is 6.17. The van der Waals surface area contributed by atoms with Crippen LogP contribution in [0.5, 0.6) is 17.6 Å². The summed E-state index contributed by atoms with van der Waals surface area (Å²) in [5.74, 6) is 1.55. The van der Waals surface area contributed by atoms with Crippen LogP contribution in [0.3, 0.4) is 0 Å². The zero-order valence-electron chi connectivity index (χ0n) is 21.4. The number of pyridine rings is 3. The Labute approximate surface area is 204 Å². The van der Waals surface area contributed by atoms with Crippen LogP contribution in [0.2, 0.25) is 0 Å². The van der Waals surface area contributed by atoms with E-state index in [-0.39, 0.29) is 0 Å². The van der Waals surface area contributed by atoms with Crippen LogP contribution in [0.25, 0.3) is 0 Å². The maximum absolute atomic E-state index is 6.30.